The Balaban J connectivity index is 2.48. The Labute approximate surface area is 161 Å². The summed E-state index contributed by atoms with van der Waals surface area (Å²) in [5.74, 6) is -1.64. The fourth-order valence-electron chi connectivity index (χ4n) is 3.09. The van der Waals surface area contributed by atoms with Crippen LogP contribution in [0.1, 0.15) is 57.1 Å². The van der Waals surface area contributed by atoms with Gasteiger partial charge in [-0.05, 0) is 38.8 Å². The number of ether oxygens (including phenoxy) is 2. The minimum atomic E-state index is -0.616. The van der Waals surface area contributed by atoms with E-state index in [0.717, 1.165) is 11.1 Å². The molecule has 0 aliphatic carbocycles. The molecule has 0 bridgehead atoms. The van der Waals surface area contributed by atoms with Gasteiger partial charge in [-0.15, -0.1) is 0 Å². The first-order valence-corrected chi connectivity index (χ1v) is 9.30. The molecular formula is C23H28O4. The van der Waals surface area contributed by atoms with E-state index in [1.54, 1.807) is 6.92 Å². The summed E-state index contributed by atoms with van der Waals surface area (Å²) in [5, 5.41) is 0. The van der Waals surface area contributed by atoms with E-state index in [2.05, 4.69) is 0 Å². The average Bonchev–Trinajstić information content (AvgIpc) is 2.61. The molecule has 0 radical (unpaired) electrons. The monoisotopic (exact) mass is 368 g/mol. The SMILES string of the molecule is CCOC(=O)C[C@@H](c1ccccc1)[C@@H](C(=O)OC(C)(C)C)c1ccccc1. The molecule has 0 heterocycles. The van der Waals surface area contributed by atoms with E-state index < -0.39 is 11.5 Å². The van der Waals surface area contributed by atoms with Crippen molar-refractivity contribution in [3.05, 3.63) is 71.8 Å². The minimum Gasteiger partial charge on any atom is -0.466 e. The van der Waals surface area contributed by atoms with Crippen molar-refractivity contribution in [3.63, 3.8) is 0 Å². The van der Waals surface area contributed by atoms with Gasteiger partial charge in [-0.3, -0.25) is 9.59 Å². The number of esters is 2. The zero-order valence-electron chi connectivity index (χ0n) is 16.5. The molecule has 2 atom stereocenters. The molecule has 2 rings (SSSR count). The first-order chi connectivity index (χ1) is 12.8. The van der Waals surface area contributed by atoms with E-state index in [9.17, 15) is 9.59 Å². The maximum atomic E-state index is 13.1. The lowest BCUT2D eigenvalue weighted by atomic mass is 9.79. The molecule has 0 aromatic heterocycles. The molecule has 0 saturated carbocycles. The molecule has 144 valence electrons. The van der Waals surface area contributed by atoms with Crippen LogP contribution in [0.25, 0.3) is 0 Å². The number of hydrogen-bond acceptors (Lipinski definition) is 4. The van der Waals surface area contributed by atoms with E-state index >= 15 is 0 Å². The second-order valence-corrected chi connectivity index (χ2v) is 7.45. The molecular weight excluding hydrogens is 340 g/mol. The average molecular weight is 368 g/mol. The Bertz CT molecular complexity index is 732. The maximum Gasteiger partial charge on any atom is 0.314 e. The van der Waals surface area contributed by atoms with Gasteiger partial charge in [0.15, 0.2) is 0 Å². The van der Waals surface area contributed by atoms with E-state index in [4.69, 9.17) is 9.47 Å². The van der Waals surface area contributed by atoms with Crippen LogP contribution in [0, 0.1) is 0 Å². The zero-order valence-corrected chi connectivity index (χ0v) is 16.5. The molecule has 4 nitrogen and oxygen atoms in total. The standard InChI is InChI=1S/C23H28O4/c1-5-26-20(24)16-19(17-12-8-6-9-13-17)21(18-14-10-7-11-15-18)22(25)27-23(2,3)4/h6-15,19,21H,5,16H2,1-4H3/t19-,21-/m0/s1. The summed E-state index contributed by atoms with van der Waals surface area (Å²) in [5.41, 5.74) is 1.12. The number of hydrogen-bond donors (Lipinski definition) is 0. The van der Waals surface area contributed by atoms with Crippen LogP contribution in [-0.4, -0.2) is 24.1 Å². The minimum absolute atomic E-state index is 0.108. The Morgan fingerprint density at radius 3 is 1.89 bits per heavy atom. The van der Waals surface area contributed by atoms with Gasteiger partial charge in [0.05, 0.1) is 18.9 Å². The van der Waals surface area contributed by atoms with Crippen LogP contribution in [0.3, 0.4) is 0 Å². The summed E-state index contributed by atoms with van der Waals surface area (Å²) < 4.78 is 10.9. The van der Waals surface area contributed by atoms with Crippen LogP contribution in [-0.2, 0) is 19.1 Å². The number of carbonyl (C=O) groups is 2. The lowest BCUT2D eigenvalue weighted by Gasteiger charge is -2.29. The Morgan fingerprint density at radius 1 is 0.889 bits per heavy atom. The second-order valence-electron chi connectivity index (χ2n) is 7.45. The van der Waals surface area contributed by atoms with Crippen molar-refractivity contribution in [3.8, 4) is 0 Å². The molecule has 0 saturated heterocycles. The third kappa shape index (κ3) is 6.24. The van der Waals surface area contributed by atoms with Gasteiger partial charge in [-0.1, -0.05) is 60.7 Å². The van der Waals surface area contributed by atoms with E-state index in [0.29, 0.717) is 6.61 Å². The molecule has 27 heavy (non-hydrogen) atoms. The molecule has 0 unspecified atom stereocenters. The number of benzene rings is 2. The van der Waals surface area contributed by atoms with Crippen molar-refractivity contribution in [2.75, 3.05) is 6.61 Å². The summed E-state index contributed by atoms with van der Waals surface area (Å²) in [6, 6.07) is 19.1. The first-order valence-electron chi connectivity index (χ1n) is 9.30. The van der Waals surface area contributed by atoms with Gasteiger partial charge in [-0.2, -0.15) is 0 Å². The summed E-state index contributed by atoms with van der Waals surface area (Å²) in [7, 11) is 0. The topological polar surface area (TPSA) is 52.6 Å². The molecule has 0 aliphatic heterocycles. The van der Waals surface area contributed by atoms with Crippen molar-refractivity contribution in [2.45, 2.75) is 51.6 Å². The van der Waals surface area contributed by atoms with Gasteiger partial charge in [0.25, 0.3) is 0 Å². The van der Waals surface area contributed by atoms with Crippen LogP contribution < -0.4 is 0 Å². The van der Waals surface area contributed by atoms with Crippen molar-refractivity contribution >= 4 is 11.9 Å². The highest BCUT2D eigenvalue weighted by Gasteiger charge is 2.36. The Morgan fingerprint density at radius 2 is 1.41 bits per heavy atom. The van der Waals surface area contributed by atoms with Crippen LogP contribution in [0.2, 0.25) is 0 Å². The molecule has 0 fully saturated rings. The molecule has 0 N–H and O–H groups in total. The highest BCUT2D eigenvalue weighted by Crippen LogP contribution is 2.38. The van der Waals surface area contributed by atoms with Gasteiger partial charge in [0.2, 0.25) is 0 Å². The molecule has 4 heteroatoms. The summed E-state index contributed by atoms with van der Waals surface area (Å²) in [6.45, 7) is 7.61. The van der Waals surface area contributed by atoms with Gasteiger partial charge >= 0.3 is 11.9 Å². The quantitative estimate of drug-likeness (QED) is 0.656. The lowest BCUT2D eigenvalue weighted by molar-refractivity contribution is -0.157. The normalized spacial score (nSPS) is 13.5. The number of carbonyl (C=O) groups excluding carboxylic acids is 2. The van der Waals surface area contributed by atoms with Crippen LogP contribution >= 0.6 is 0 Å². The third-order valence-electron chi connectivity index (χ3n) is 4.14. The van der Waals surface area contributed by atoms with Gasteiger partial charge in [-0.25, -0.2) is 0 Å². The van der Waals surface area contributed by atoms with Crippen LogP contribution in [0.5, 0.6) is 0 Å². The van der Waals surface area contributed by atoms with E-state index in [1.165, 1.54) is 0 Å². The lowest BCUT2D eigenvalue weighted by Crippen LogP contribution is -2.31. The van der Waals surface area contributed by atoms with Gasteiger partial charge in [0, 0.05) is 5.92 Å². The van der Waals surface area contributed by atoms with Gasteiger partial charge < -0.3 is 9.47 Å². The highest BCUT2D eigenvalue weighted by molar-refractivity contribution is 5.82. The Hall–Kier alpha value is -2.62. The van der Waals surface area contributed by atoms with Crippen molar-refractivity contribution in [1.29, 1.82) is 0 Å². The third-order valence-corrected chi connectivity index (χ3v) is 4.14. The number of rotatable bonds is 7. The Kier molecular flexibility index (Phi) is 7.17. The van der Waals surface area contributed by atoms with E-state index in [1.807, 2.05) is 81.4 Å². The molecule has 0 amide bonds. The summed E-state index contributed by atoms with van der Waals surface area (Å²) in [4.78, 5) is 25.4. The van der Waals surface area contributed by atoms with Crippen molar-refractivity contribution in [1.82, 2.24) is 0 Å². The van der Waals surface area contributed by atoms with E-state index in [-0.39, 0.29) is 24.3 Å². The maximum absolute atomic E-state index is 13.1. The predicted octanol–water partition coefficient (Wildman–Crippen LogP) is 4.85. The fraction of sp³-hybridized carbons (Fsp3) is 0.391. The second kappa shape index (κ2) is 9.36. The molecule has 0 spiro atoms. The van der Waals surface area contributed by atoms with Gasteiger partial charge in [0.1, 0.15) is 5.60 Å². The highest BCUT2D eigenvalue weighted by atomic mass is 16.6. The van der Waals surface area contributed by atoms with Crippen molar-refractivity contribution in [2.24, 2.45) is 0 Å². The summed E-state index contributed by atoms with van der Waals surface area (Å²) >= 11 is 0. The summed E-state index contributed by atoms with van der Waals surface area (Å²) in [6.07, 6.45) is 0.108. The molecule has 2 aromatic carbocycles. The predicted molar refractivity (Wildman–Crippen MR) is 105 cm³/mol. The van der Waals surface area contributed by atoms with Crippen LogP contribution in [0.15, 0.2) is 60.7 Å². The zero-order chi connectivity index (χ0) is 19.9. The first kappa shape index (κ1) is 20.7. The largest absolute Gasteiger partial charge is 0.466 e. The van der Waals surface area contributed by atoms with Crippen molar-refractivity contribution < 1.29 is 19.1 Å². The van der Waals surface area contributed by atoms with Crippen LogP contribution in [0.4, 0.5) is 0 Å². The smallest absolute Gasteiger partial charge is 0.314 e. The molecule has 0 aliphatic rings. The fourth-order valence-corrected chi connectivity index (χ4v) is 3.09. The molecule has 2 aromatic rings.